The average Bonchev–Trinajstić information content (AvgIpc) is 2.73. The van der Waals surface area contributed by atoms with E-state index in [4.69, 9.17) is 27.1 Å². The number of ether oxygens (including phenoxy) is 1. The van der Waals surface area contributed by atoms with E-state index in [1.165, 1.54) is 44.7 Å². The van der Waals surface area contributed by atoms with Crippen LogP contribution >= 0.6 is 11.6 Å². The van der Waals surface area contributed by atoms with E-state index in [9.17, 15) is 4.79 Å². The lowest BCUT2D eigenvalue weighted by Gasteiger charge is -2.32. The zero-order chi connectivity index (χ0) is 23.5. The van der Waals surface area contributed by atoms with Gasteiger partial charge in [-0.1, -0.05) is 43.0 Å². The molecule has 0 atom stereocenters. The number of nitrogens with two attached hydrogens (primary N) is 2. The number of primary amides is 1. The lowest BCUT2D eigenvalue weighted by molar-refractivity contribution is 0.171. The minimum absolute atomic E-state index is 0.329. The first-order valence-corrected chi connectivity index (χ1v) is 11.2. The number of fused-ring (bicyclic) bond motifs is 1. The van der Waals surface area contributed by atoms with Crippen molar-refractivity contribution in [1.82, 2.24) is 15.3 Å². The van der Waals surface area contributed by atoms with Gasteiger partial charge in [0, 0.05) is 17.6 Å². The molecular formula is C23H31ClN6O2. The number of carbonyl (C=O) groups is 1. The Morgan fingerprint density at radius 2 is 1.88 bits per heavy atom. The van der Waals surface area contributed by atoms with Crippen LogP contribution in [0.1, 0.15) is 68.8 Å². The van der Waals surface area contributed by atoms with Crippen LogP contribution in [0.2, 0.25) is 5.02 Å². The number of nitrogens with one attached hydrogen (secondary N) is 1. The van der Waals surface area contributed by atoms with Crippen molar-refractivity contribution >= 4 is 34.8 Å². The van der Waals surface area contributed by atoms with Crippen LogP contribution in [0, 0.1) is 6.92 Å². The van der Waals surface area contributed by atoms with Crippen molar-refractivity contribution in [2.24, 2.45) is 10.7 Å². The molecule has 5 N–H and O–H groups in total. The molecule has 8 nitrogen and oxygen atoms in total. The SMILES string of the molecule is CNC(N)=O.Cc1nc(N)c2c(n1)OC(C)(C)C(c1ccc(C3CCCCC3)c(Cl)c1)=N2. The Kier molecular flexibility index (Phi) is 7.23. The van der Waals surface area contributed by atoms with Gasteiger partial charge in [0.25, 0.3) is 0 Å². The summed E-state index contributed by atoms with van der Waals surface area (Å²) in [6.45, 7) is 5.74. The van der Waals surface area contributed by atoms with Gasteiger partial charge in [-0.15, -0.1) is 0 Å². The molecule has 0 radical (unpaired) electrons. The maximum absolute atomic E-state index is 9.48. The largest absolute Gasteiger partial charge is 0.463 e. The van der Waals surface area contributed by atoms with Crippen molar-refractivity contribution in [3.05, 3.63) is 40.2 Å². The summed E-state index contributed by atoms with van der Waals surface area (Å²) in [6, 6.07) is 5.75. The zero-order valence-electron chi connectivity index (χ0n) is 19.0. The zero-order valence-corrected chi connectivity index (χ0v) is 19.8. The Labute approximate surface area is 193 Å². The monoisotopic (exact) mass is 458 g/mol. The minimum atomic E-state index is -0.643. The highest BCUT2D eigenvalue weighted by atomic mass is 35.5. The molecule has 2 heterocycles. The van der Waals surface area contributed by atoms with Gasteiger partial charge in [-0.25, -0.2) is 14.8 Å². The van der Waals surface area contributed by atoms with E-state index in [0.717, 1.165) is 16.3 Å². The van der Waals surface area contributed by atoms with E-state index >= 15 is 0 Å². The number of anilines is 1. The molecule has 9 heteroatoms. The Morgan fingerprint density at radius 3 is 2.47 bits per heavy atom. The normalized spacial score (nSPS) is 17.2. The van der Waals surface area contributed by atoms with E-state index in [-0.39, 0.29) is 0 Å². The topological polar surface area (TPSA) is 129 Å². The predicted molar refractivity (Wildman–Crippen MR) is 128 cm³/mol. The Balaban J connectivity index is 0.000000523. The first kappa shape index (κ1) is 23.8. The van der Waals surface area contributed by atoms with E-state index < -0.39 is 11.6 Å². The summed E-state index contributed by atoms with van der Waals surface area (Å²) < 4.78 is 6.13. The van der Waals surface area contributed by atoms with Gasteiger partial charge in [0.05, 0.1) is 5.71 Å². The number of halogens is 1. The standard InChI is InChI=1S/C21H25ClN4O.C2H6N2O/c1-12-24-19(23)17-20(25-12)27-21(2,3)18(26-17)14-9-10-15(16(22)11-14)13-7-5-4-6-8-13;1-4-2(3)5/h9-11,13H,4-8H2,1-3H3,(H2,23,24,25);1H3,(H3,3,4,5). The highest BCUT2D eigenvalue weighted by Gasteiger charge is 2.35. The van der Waals surface area contributed by atoms with Gasteiger partial charge < -0.3 is 21.5 Å². The van der Waals surface area contributed by atoms with Crippen LogP contribution in [0.25, 0.3) is 0 Å². The minimum Gasteiger partial charge on any atom is -0.463 e. The Morgan fingerprint density at radius 1 is 1.22 bits per heavy atom. The lowest BCUT2D eigenvalue weighted by Crippen LogP contribution is -2.41. The molecule has 1 aliphatic carbocycles. The summed E-state index contributed by atoms with van der Waals surface area (Å²) in [5.74, 6) is 1.89. The predicted octanol–water partition coefficient (Wildman–Crippen LogP) is 4.64. The third kappa shape index (κ3) is 5.30. The molecular weight excluding hydrogens is 428 g/mol. The fourth-order valence-corrected chi connectivity index (χ4v) is 4.44. The summed E-state index contributed by atoms with van der Waals surface area (Å²) in [4.78, 5) is 22.8. The third-order valence-corrected chi connectivity index (χ3v) is 6.03. The van der Waals surface area contributed by atoms with Gasteiger partial charge in [0.15, 0.2) is 11.5 Å². The second kappa shape index (κ2) is 9.73. The number of benzene rings is 1. The number of aliphatic imine (C=N–C) groups is 1. The van der Waals surface area contributed by atoms with Crippen LogP contribution < -0.4 is 21.5 Å². The fraction of sp³-hybridized carbons (Fsp3) is 0.478. The van der Waals surface area contributed by atoms with Crippen molar-refractivity contribution in [2.45, 2.75) is 64.4 Å². The number of nitrogen functional groups attached to an aromatic ring is 1. The summed E-state index contributed by atoms with van der Waals surface area (Å²) in [7, 11) is 1.47. The van der Waals surface area contributed by atoms with Gasteiger partial charge in [0.2, 0.25) is 5.88 Å². The molecule has 0 spiro atoms. The first-order chi connectivity index (χ1) is 15.1. The summed E-state index contributed by atoms with van der Waals surface area (Å²) >= 11 is 6.68. The molecule has 0 unspecified atom stereocenters. The number of aryl methyl sites for hydroxylation is 1. The van der Waals surface area contributed by atoms with Crippen LogP contribution in [0.5, 0.6) is 5.88 Å². The molecule has 4 rings (SSSR count). The molecule has 2 aromatic rings. The number of carbonyl (C=O) groups excluding carboxylic acids is 1. The number of nitrogens with zero attached hydrogens (tertiary/aromatic N) is 3. The smallest absolute Gasteiger partial charge is 0.311 e. The molecule has 1 aromatic carbocycles. The quantitative estimate of drug-likeness (QED) is 0.603. The van der Waals surface area contributed by atoms with E-state index in [2.05, 4.69) is 33.2 Å². The number of hydrogen-bond acceptors (Lipinski definition) is 6. The van der Waals surface area contributed by atoms with Crippen LogP contribution in [-0.2, 0) is 0 Å². The molecule has 0 bridgehead atoms. The molecule has 1 fully saturated rings. The number of urea groups is 1. The maximum Gasteiger partial charge on any atom is 0.311 e. The van der Waals surface area contributed by atoms with Gasteiger partial charge in [-0.05, 0) is 51.2 Å². The molecule has 2 amide bonds. The van der Waals surface area contributed by atoms with E-state index in [1.54, 1.807) is 6.92 Å². The number of rotatable bonds is 2. The maximum atomic E-state index is 9.48. The van der Waals surface area contributed by atoms with Gasteiger partial charge in [-0.3, -0.25) is 0 Å². The van der Waals surface area contributed by atoms with Crippen LogP contribution in [0.3, 0.4) is 0 Å². The van der Waals surface area contributed by atoms with Crippen molar-refractivity contribution in [3.8, 4) is 5.88 Å². The number of aromatic nitrogens is 2. The van der Waals surface area contributed by atoms with Gasteiger partial charge >= 0.3 is 6.03 Å². The molecule has 2 aliphatic rings. The number of hydrogen-bond donors (Lipinski definition) is 3. The van der Waals surface area contributed by atoms with Crippen LogP contribution in [0.15, 0.2) is 23.2 Å². The summed E-state index contributed by atoms with van der Waals surface area (Å²) in [6.07, 6.45) is 6.33. The molecule has 1 saturated carbocycles. The Bertz CT molecular complexity index is 1030. The van der Waals surface area contributed by atoms with Crippen molar-refractivity contribution in [3.63, 3.8) is 0 Å². The molecule has 1 aliphatic heterocycles. The third-order valence-electron chi connectivity index (χ3n) is 5.70. The Hall–Kier alpha value is -2.87. The van der Waals surface area contributed by atoms with Gasteiger partial charge in [0.1, 0.15) is 11.4 Å². The summed E-state index contributed by atoms with van der Waals surface area (Å²) in [5, 5.41) is 2.97. The van der Waals surface area contributed by atoms with Gasteiger partial charge in [-0.2, -0.15) is 4.98 Å². The van der Waals surface area contributed by atoms with E-state index in [0.29, 0.717) is 29.1 Å². The molecule has 32 heavy (non-hydrogen) atoms. The molecule has 172 valence electrons. The highest BCUT2D eigenvalue weighted by molar-refractivity contribution is 6.32. The lowest BCUT2D eigenvalue weighted by atomic mass is 9.83. The van der Waals surface area contributed by atoms with Crippen molar-refractivity contribution in [2.75, 3.05) is 12.8 Å². The molecule has 0 saturated heterocycles. The summed E-state index contributed by atoms with van der Waals surface area (Å²) in [5.41, 5.74) is 13.4. The second-order valence-corrected chi connectivity index (χ2v) is 8.98. The average molecular weight is 459 g/mol. The fourth-order valence-electron chi connectivity index (χ4n) is 4.11. The van der Waals surface area contributed by atoms with E-state index in [1.807, 2.05) is 19.9 Å². The number of amides is 2. The first-order valence-electron chi connectivity index (χ1n) is 10.8. The van der Waals surface area contributed by atoms with Crippen LogP contribution in [-0.4, -0.2) is 34.4 Å². The van der Waals surface area contributed by atoms with Crippen molar-refractivity contribution < 1.29 is 9.53 Å². The van der Waals surface area contributed by atoms with Crippen LogP contribution in [0.4, 0.5) is 16.3 Å². The highest BCUT2D eigenvalue weighted by Crippen LogP contribution is 2.41. The second-order valence-electron chi connectivity index (χ2n) is 8.57. The van der Waals surface area contributed by atoms with Crippen molar-refractivity contribution in [1.29, 1.82) is 0 Å². The molecule has 1 aromatic heterocycles.